The molecule has 0 atom stereocenters. The largest absolute Gasteiger partial charge is 0.478 e. The van der Waals surface area contributed by atoms with E-state index in [4.69, 9.17) is 9.52 Å². The highest BCUT2D eigenvalue weighted by Gasteiger charge is 2.09. The van der Waals surface area contributed by atoms with Gasteiger partial charge in [-0.05, 0) is 48.7 Å². The van der Waals surface area contributed by atoms with Crippen LogP contribution in [0.15, 0.2) is 51.8 Å². The molecule has 0 aliphatic heterocycles. The van der Waals surface area contributed by atoms with Crippen LogP contribution in [0.2, 0.25) is 0 Å². The summed E-state index contributed by atoms with van der Waals surface area (Å²) in [6.07, 6.45) is 2.02. The molecule has 3 rings (SSSR count). The smallest absolute Gasteiger partial charge is 0.335 e. The molecule has 0 saturated heterocycles. The Morgan fingerprint density at radius 3 is 2.67 bits per heavy atom. The van der Waals surface area contributed by atoms with Gasteiger partial charge < -0.3 is 14.8 Å². The monoisotopic (exact) mass is 300 g/mol. The zero-order valence-corrected chi connectivity index (χ0v) is 12.0. The van der Waals surface area contributed by atoms with Crippen molar-refractivity contribution >= 4 is 40.5 Å². The lowest BCUT2D eigenvalue weighted by Crippen LogP contribution is -1.94. The molecular formula is C15H12N2O3S. The molecule has 1 heterocycles. The van der Waals surface area contributed by atoms with Gasteiger partial charge in [0.2, 0.25) is 0 Å². The number of oxazole rings is 1. The van der Waals surface area contributed by atoms with Gasteiger partial charge in [0.25, 0.3) is 6.01 Å². The predicted octanol–water partition coefficient (Wildman–Crippen LogP) is 3.99. The second-order valence-corrected chi connectivity index (χ2v) is 5.24. The maximum absolute atomic E-state index is 10.9. The van der Waals surface area contributed by atoms with Gasteiger partial charge >= 0.3 is 5.97 Å². The lowest BCUT2D eigenvalue weighted by Gasteiger charge is -2.02. The highest BCUT2D eigenvalue weighted by atomic mass is 32.2. The van der Waals surface area contributed by atoms with Crippen molar-refractivity contribution in [2.75, 3.05) is 11.6 Å². The van der Waals surface area contributed by atoms with E-state index in [-0.39, 0.29) is 5.56 Å². The van der Waals surface area contributed by atoms with Gasteiger partial charge in [0.15, 0.2) is 5.58 Å². The van der Waals surface area contributed by atoms with Crippen LogP contribution in [0.4, 0.5) is 11.7 Å². The molecule has 0 radical (unpaired) electrons. The average Bonchev–Trinajstić information content (AvgIpc) is 2.89. The summed E-state index contributed by atoms with van der Waals surface area (Å²) in [7, 11) is 0. The Bertz CT molecular complexity index is 796. The quantitative estimate of drug-likeness (QED) is 0.709. The zero-order valence-electron chi connectivity index (χ0n) is 11.2. The number of benzene rings is 2. The first kappa shape index (κ1) is 13.5. The molecule has 21 heavy (non-hydrogen) atoms. The standard InChI is InChI=1S/C15H12N2O3S/c1-21-11-5-3-10(4-6-11)16-15-17-12-7-2-9(14(18)19)8-13(12)20-15/h2-8H,1H3,(H,16,17)(H,18,19). The molecule has 106 valence electrons. The fourth-order valence-electron chi connectivity index (χ4n) is 1.91. The fraction of sp³-hybridized carbons (Fsp3) is 0.0667. The van der Waals surface area contributed by atoms with E-state index in [1.54, 1.807) is 17.8 Å². The minimum absolute atomic E-state index is 0.175. The summed E-state index contributed by atoms with van der Waals surface area (Å²) in [5, 5.41) is 12.0. The molecule has 0 bridgehead atoms. The Morgan fingerprint density at radius 1 is 1.24 bits per heavy atom. The van der Waals surface area contributed by atoms with Crippen molar-refractivity contribution in [3.05, 3.63) is 48.0 Å². The third kappa shape index (κ3) is 2.85. The van der Waals surface area contributed by atoms with Gasteiger partial charge in [0, 0.05) is 10.6 Å². The molecule has 0 unspecified atom stereocenters. The first-order valence-corrected chi connectivity index (χ1v) is 7.43. The van der Waals surface area contributed by atoms with Gasteiger partial charge in [-0.2, -0.15) is 4.98 Å². The molecule has 0 aliphatic rings. The first-order valence-electron chi connectivity index (χ1n) is 6.20. The molecule has 2 aromatic carbocycles. The van der Waals surface area contributed by atoms with Crippen molar-refractivity contribution in [3.63, 3.8) is 0 Å². The van der Waals surface area contributed by atoms with Crippen molar-refractivity contribution in [2.24, 2.45) is 0 Å². The Labute approximate surface area is 125 Å². The minimum atomic E-state index is -0.990. The molecule has 0 saturated carbocycles. The zero-order chi connectivity index (χ0) is 14.8. The maximum Gasteiger partial charge on any atom is 0.335 e. The Kier molecular flexibility index (Phi) is 3.53. The number of carboxylic acid groups (broad SMARTS) is 1. The summed E-state index contributed by atoms with van der Waals surface area (Å²) in [5.41, 5.74) is 2.09. The Morgan fingerprint density at radius 2 is 2.00 bits per heavy atom. The van der Waals surface area contributed by atoms with E-state index < -0.39 is 5.97 Å². The Hall–Kier alpha value is -2.47. The number of fused-ring (bicyclic) bond motifs is 1. The molecule has 0 spiro atoms. The number of hydrogen-bond acceptors (Lipinski definition) is 5. The number of carboxylic acids is 1. The number of carbonyl (C=O) groups is 1. The topological polar surface area (TPSA) is 75.4 Å². The van der Waals surface area contributed by atoms with Crippen molar-refractivity contribution in [1.82, 2.24) is 4.98 Å². The van der Waals surface area contributed by atoms with Gasteiger partial charge in [0.1, 0.15) is 5.52 Å². The van der Waals surface area contributed by atoms with Crippen LogP contribution in [0.3, 0.4) is 0 Å². The van der Waals surface area contributed by atoms with Gasteiger partial charge in [-0.3, -0.25) is 0 Å². The van der Waals surface area contributed by atoms with Crippen LogP contribution in [0.5, 0.6) is 0 Å². The maximum atomic E-state index is 10.9. The number of aromatic carboxylic acids is 1. The van der Waals surface area contributed by atoms with Crippen molar-refractivity contribution in [1.29, 1.82) is 0 Å². The second-order valence-electron chi connectivity index (χ2n) is 4.36. The summed E-state index contributed by atoms with van der Waals surface area (Å²) in [4.78, 5) is 16.4. The number of nitrogens with one attached hydrogen (secondary N) is 1. The summed E-state index contributed by atoms with van der Waals surface area (Å²) in [6.45, 7) is 0. The predicted molar refractivity (Wildman–Crippen MR) is 82.5 cm³/mol. The second kappa shape index (κ2) is 5.49. The van der Waals surface area contributed by atoms with Crippen molar-refractivity contribution in [2.45, 2.75) is 4.90 Å². The number of rotatable bonds is 4. The van der Waals surface area contributed by atoms with E-state index in [9.17, 15) is 4.79 Å². The fourth-order valence-corrected chi connectivity index (χ4v) is 2.32. The number of anilines is 2. The highest BCUT2D eigenvalue weighted by molar-refractivity contribution is 7.98. The van der Waals surface area contributed by atoms with Crippen LogP contribution in [-0.4, -0.2) is 22.3 Å². The van der Waals surface area contributed by atoms with E-state index in [1.807, 2.05) is 30.5 Å². The molecule has 1 aromatic heterocycles. The van der Waals surface area contributed by atoms with Crippen LogP contribution >= 0.6 is 11.8 Å². The van der Waals surface area contributed by atoms with Crippen LogP contribution < -0.4 is 5.32 Å². The first-order chi connectivity index (χ1) is 10.2. The van der Waals surface area contributed by atoms with Crippen LogP contribution in [0, 0.1) is 0 Å². The molecule has 3 aromatic rings. The summed E-state index contributed by atoms with van der Waals surface area (Å²) in [5.74, 6) is -0.990. The third-order valence-electron chi connectivity index (χ3n) is 2.98. The summed E-state index contributed by atoms with van der Waals surface area (Å²) < 4.78 is 5.53. The lowest BCUT2D eigenvalue weighted by atomic mass is 10.2. The normalized spacial score (nSPS) is 10.7. The molecule has 5 nitrogen and oxygen atoms in total. The van der Waals surface area contributed by atoms with Crippen molar-refractivity contribution < 1.29 is 14.3 Å². The Balaban J connectivity index is 1.88. The van der Waals surface area contributed by atoms with Gasteiger partial charge in [-0.25, -0.2) is 4.79 Å². The van der Waals surface area contributed by atoms with E-state index in [1.165, 1.54) is 17.0 Å². The van der Waals surface area contributed by atoms with Gasteiger partial charge in [-0.1, -0.05) is 0 Å². The highest BCUT2D eigenvalue weighted by Crippen LogP contribution is 2.24. The van der Waals surface area contributed by atoms with Crippen LogP contribution in [0.25, 0.3) is 11.1 Å². The molecule has 6 heteroatoms. The average molecular weight is 300 g/mol. The van der Waals surface area contributed by atoms with E-state index >= 15 is 0 Å². The van der Waals surface area contributed by atoms with E-state index in [2.05, 4.69) is 10.3 Å². The van der Waals surface area contributed by atoms with Gasteiger partial charge in [0.05, 0.1) is 5.56 Å². The third-order valence-corrected chi connectivity index (χ3v) is 3.72. The molecule has 0 fully saturated rings. The number of hydrogen-bond donors (Lipinski definition) is 2. The summed E-state index contributed by atoms with van der Waals surface area (Å²) >= 11 is 1.67. The lowest BCUT2D eigenvalue weighted by molar-refractivity contribution is 0.0697. The van der Waals surface area contributed by atoms with Crippen LogP contribution in [0.1, 0.15) is 10.4 Å². The number of thioether (sulfide) groups is 1. The number of nitrogens with zero attached hydrogens (tertiary/aromatic N) is 1. The number of aromatic nitrogens is 1. The molecule has 0 amide bonds. The SMILES string of the molecule is CSc1ccc(Nc2nc3ccc(C(=O)O)cc3o2)cc1. The molecular weight excluding hydrogens is 288 g/mol. The van der Waals surface area contributed by atoms with E-state index in [0.29, 0.717) is 17.1 Å². The van der Waals surface area contributed by atoms with Crippen molar-refractivity contribution in [3.8, 4) is 0 Å². The van der Waals surface area contributed by atoms with Gasteiger partial charge in [-0.15, -0.1) is 11.8 Å². The van der Waals surface area contributed by atoms with E-state index in [0.717, 1.165) is 5.69 Å². The molecule has 0 aliphatic carbocycles. The van der Waals surface area contributed by atoms with Crippen LogP contribution in [-0.2, 0) is 0 Å². The minimum Gasteiger partial charge on any atom is -0.478 e. The molecule has 2 N–H and O–H groups in total. The summed E-state index contributed by atoms with van der Waals surface area (Å²) in [6, 6.07) is 12.8.